The fraction of sp³-hybridized carbons (Fsp3) is 0.500. The average molecular weight is 277 g/mol. The maximum atomic E-state index is 6.14. The van der Waals surface area contributed by atoms with Crippen molar-refractivity contribution in [2.45, 2.75) is 18.1 Å². The van der Waals surface area contributed by atoms with Crippen molar-refractivity contribution in [3.8, 4) is 0 Å². The number of ether oxygens (including phenoxy) is 1. The normalized spacial score (nSPS) is 25.7. The van der Waals surface area contributed by atoms with Crippen molar-refractivity contribution in [1.82, 2.24) is 0 Å². The van der Waals surface area contributed by atoms with E-state index in [0.29, 0.717) is 11.2 Å². The van der Waals surface area contributed by atoms with Crippen LogP contribution in [0, 0.1) is 5.92 Å². The van der Waals surface area contributed by atoms with Crippen molar-refractivity contribution in [3.63, 3.8) is 0 Å². The first-order chi connectivity index (χ1) is 7.66. The maximum absolute atomic E-state index is 6.14. The van der Waals surface area contributed by atoms with Crippen LogP contribution in [-0.2, 0) is 11.2 Å². The summed E-state index contributed by atoms with van der Waals surface area (Å²) in [6, 6.07) is 5.58. The van der Waals surface area contributed by atoms with E-state index in [4.69, 9.17) is 27.9 Å². The van der Waals surface area contributed by atoms with E-state index >= 15 is 0 Å². The maximum Gasteiger partial charge on any atom is 0.0507 e. The molecule has 1 fully saturated rings. The minimum absolute atomic E-state index is 0.392. The van der Waals surface area contributed by atoms with Gasteiger partial charge in [-0.15, -0.1) is 0 Å². The Hall–Kier alpha value is 0.110. The van der Waals surface area contributed by atoms with E-state index in [-0.39, 0.29) is 0 Å². The van der Waals surface area contributed by atoms with Crippen LogP contribution in [0.4, 0.5) is 0 Å². The zero-order chi connectivity index (χ0) is 11.5. The average Bonchev–Trinajstić information content (AvgIpc) is 2.27. The molecule has 0 aliphatic carbocycles. The lowest BCUT2D eigenvalue weighted by atomic mass is 9.93. The summed E-state index contributed by atoms with van der Waals surface area (Å²) in [6.45, 7) is 1.57. The first-order valence-corrected chi connectivity index (χ1v) is 6.64. The molecule has 0 bridgehead atoms. The van der Waals surface area contributed by atoms with Gasteiger partial charge in [0.2, 0.25) is 0 Å². The number of thiol groups is 1. The molecule has 16 heavy (non-hydrogen) atoms. The molecule has 1 aliphatic rings. The van der Waals surface area contributed by atoms with Crippen molar-refractivity contribution in [1.29, 1.82) is 0 Å². The molecule has 2 rings (SSSR count). The second-order valence-electron chi connectivity index (χ2n) is 4.13. The Morgan fingerprint density at radius 1 is 1.38 bits per heavy atom. The van der Waals surface area contributed by atoms with Crippen LogP contribution in [0.2, 0.25) is 10.0 Å². The molecule has 0 N–H and O–H groups in total. The van der Waals surface area contributed by atoms with E-state index in [1.54, 1.807) is 0 Å². The van der Waals surface area contributed by atoms with Crippen molar-refractivity contribution >= 4 is 35.8 Å². The van der Waals surface area contributed by atoms with E-state index < -0.39 is 0 Å². The van der Waals surface area contributed by atoms with Gasteiger partial charge in [0.15, 0.2) is 0 Å². The molecule has 88 valence electrons. The summed E-state index contributed by atoms with van der Waals surface area (Å²) >= 11 is 16.7. The number of benzene rings is 1. The molecule has 2 atom stereocenters. The third kappa shape index (κ3) is 3.07. The summed E-state index contributed by atoms with van der Waals surface area (Å²) in [5.74, 6) is 0.424. The van der Waals surface area contributed by atoms with Gasteiger partial charge in [-0.3, -0.25) is 0 Å². The van der Waals surface area contributed by atoms with Crippen molar-refractivity contribution < 1.29 is 4.74 Å². The van der Waals surface area contributed by atoms with E-state index in [0.717, 1.165) is 41.7 Å². The quantitative estimate of drug-likeness (QED) is 0.807. The predicted octanol–water partition coefficient (Wildman–Crippen LogP) is 3.87. The molecule has 4 heteroatoms. The highest BCUT2D eigenvalue weighted by Crippen LogP contribution is 2.28. The first-order valence-electron chi connectivity index (χ1n) is 5.36. The molecule has 1 aromatic rings. The van der Waals surface area contributed by atoms with Gasteiger partial charge in [0.05, 0.1) is 6.61 Å². The Morgan fingerprint density at radius 3 is 2.94 bits per heavy atom. The van der Waals surface area contributed by atoms with E-state index in [1.165, 1.54) is 0 Å². The summed E-state index contributed by atoms with van der Waals surface area (Å²) in [7, 11) is 0. The van der Waals surface area contributed by atoms with Gasteiger partial charge in [-0.05, 0) is 42.5 Å². The van der Waals surface area contributed by atoms with E-state index in [1.807, 2.05) is 18.2 Å². The van der Waals surface area contributed by atoms with Gasteiger partial charge < -0.3 is 4.74 Å². The molecule has 1 saturated heterocycles. The first kappa shape index (κ1) is 12.6. The van der Waals surface area contributed by atoms with Gasteiger partial charge in [-0.2, -0.15) is 12.6 Å². The molecule has 0 spiro atoms. The third-order valence-corrected chi connectivity index (χ3v) is 4.21. The van der Waals surface area contributed by atoms with Gasteiger partial charge in [0.25, 0.3) is 0 Å². The van der Waals surface area contributed by atoms with Crippen LogP contribution in [0.1, 0.15) is 12.0 Å². The van der Waals surface area contributed by atoms with Crippen LogP contribution >= 0.6 is 35.8 Å². The largest absolute Gasteiger partial charge is 0.381 e. The summed E-state index contributed by atoms with van der Waals surface area (Å²) in [5.41, 5.74) is 1.09. The van der Waals surface area contributed by atoms with Crippen molar-refractivity contribution in [3.05, 3.63) is 33.8 Å². The Balaban J connectivity index is 2.10. The summed E-state index contributed by atoms with van der Waals surface area (Å²) in [6.07, 6.45) is 1.89. The van der Waals surface area contributed by atoms with Gasteiger partial charge >= 0.3 is 0 Å². The molecule has 1 heterocycles. The van der Waals surface area contributed by atoms with Crippen LogP contribution in [0.15, 0.2) is 18.2 Å². The van der Waals surface area contributed by atoms with Crippen LogP contribution in [0.25, 0.3) is 0 Å². The second-order valence-corrected chi connectivity index (χ2v) is 5.64. The van der Waals surface area contributed by atoms with Crippen LogP contribution in [0.3, 0.4) is 0 Å². The molecule has 1 aliphatic heterocycles. The lowest BCUT2D eigenvalue weighted by Gasteiger charge is -2.28. The smallest absolute Gasteiger partial charge is 0.0507 e. The topological polar surface area (TPSA) is 9.23 Å². The van der Waals surface area contributed by atoms with E-state index in [2.05, 4.69) is 12.6 Å². The number of halogens is 2. The van der Waals surface area contributed by atoms with Crippen molar-refractivity contribution in [2.24, 2.45) is 5.92 Å². The van der Waals surface area contributed by atoms with Crippen molar-refractivity contribution in [2.75, 3.05) is 13.2 Å². The standard InChI is InChI=1S/C12H14Cl2OS/c13-10-1-2-11(14)8(6-10)5-9-7-15-4-3-12(9)16/h1-2,6,9,12,16H,3-5,7H2/t9-,12-/m1/s1. The van der Waals surface area contributed by atoms with E-state index in [9.17, 15) is 0 Å². The Kier molecular flexibility index (Phi) is 4.42. The monoisotopic (exact) mass is 276 g/mol. The molecule has 0 saturated carbocycles. The minimum Gasteiger partial charge on any atom is -0.381 e. The highest BCUT2D eigenvalue weighted by Gasteiger charge is 2.23. The van der Waals surface area contributed by atoms with Crippen LogP contribution in [-0.4, -0.2) is 18.5 Å². The van der Waals surface area contributed by atoms with Crippen LogP contribution in [0.5, 0.6) is 0 Å². The lowest BCUT2D eigenvalue weighted by Crippen LogP contribution is -2.29. The van der Waals surface area contributed by atoms with Gasteiger partial charge in [-0.25, -0.2) is 0 Å². The molecule has 1 aromatic carbocycles. The highest BCUT2D eigenvalue weighted by atomic mass is 35.5. The van der Waals surface area contributed by atoms with Gasteiger partial charge in [-0.1, -0.05) is 23.2 Å². The van der Waals surface area contributed by atoms with Crippen LogP contribution < -0.4 is 0 Å². The molecular weight excluding hydrogens is 263 g/mol. The SMILES string of the molecule is S[C@@H]1CCOC[C@H]1Cc1cc(Cl)ccc1Cl. The predicted molar refractivity (Wildman–Crippen MR) is 71.9 cm³/mol. The molecule has 0 radical (unpaired) electrons. The summed E-state index contributed by atoms with van der Waals surface area (Å²) in [4.78, 5) is 0. The Morgan fingerprint density at radius 2 is 2.19 bits per heavy atom. The number of hydrogen-bond acceptors (Lipinski definition) is 2. The van der Waals surface area contributed by atoms with Gasteiger partial charge in [0, 0.05) is 21.9 Å². The summed E-state index contributed by atoms with van der Waals surface area (Å²) in [5, 5.41) is 1.89. The number of rotatable bonds is 2. The number of hydrogen-bond donors (Lipinski definition) is 1. The Bertz CT molecular complexity index is 370. The third-order valence-electron chi connectivity index (χ3n) is 2.92. The zero-order valence-corrected chi connectivity index (χ0v) is 11.2. The Labute approximate surface area is 111 Å². The van der Waals surface area contributed by atoms with Gasteiger partial charge in [0.1, 0.15) is 0 Å². The highest BCUT2D eigenvalue weighted by molar-refractivity contribution is 7.81. The molecule has 0 aromatic heterocycles. The molecular formula is C12H14Cl2OS. The fourth-order valence-electron chi connectivity index (χ4n) is 1.96. The zero-order valence-electron chi connectivity index (χ0n) is 8.83. The second kappa shape index (κ2) is 5.63. The fourth-order valence-corrected chi connectivity index (χ4v) is 2.65. The summed E-state index contributed by atoms with van der Waals surface area (Å²) < 4.78 is 5.47. The lowest BCUT2D eigenvalue weighted by molar-refractivity contribution is 0.0596. The molecule has 0 unspecified atom stereocenters. The molecule has 0 amide bonds. The minimum atomic E-state index is 0.392. The molecule has 1 nitrogen and oxygen atoms in total.